The molecule has 0 saturated carbocycles. The van der Waals surface area contributed by atoms with E-state index in [0.717, 1.165) is 6.42 Å². The van der Waals surface area contributed by atoms with Crippen LogP contribution < -0.4 is 11.0 Å². The van der Waals surface area contributed by atoms with Crippen LogP contribution in [0.3, 0.4) is 0 Å². The molecule has 0 spiro atoms. The van der Waals surface area contributed by atoms with Gasteiger partial charge in [-0.05, 0) is 20.3 Å². The molecule has 0 aliphatic rings. The number of nitrogens with one attached hydrogen (secondary N) is 2. The maximum atomic E-state index is 9.79. The molecule has 0 heterocycles. The zero-order valence-electron chi connectivity index (χ0n) is 6.47. The monoisotopic (exact) mass is 147 g/mol. The van der Waals surface area contributed by atoms with E-state index < -0.39 is 5.03 Å². The summed E-state index contributed by atoms with van der Waals surface area (Å²) in [6, 6.07) is 0. The Hall–Kier alpha value is -0.840. The van der Waals surface area contributed by atoms with Gasteiger partial charge in [-0.1, -0.05) is 12.5 Å². The van der Waals surface area contributed by atoms with E-state index in [1.165, 1.54) is 0 Å². The van der Waals surface area contributed by atoms with Gasteiger partial charge in [0.05, 0.1) is 0 Å². The molecule has 0 amide bonds. The molecule has 0 aromatic heterocycles. The Balaban J connectivity index is 3.56. The third-order valence-corrected chi connectivity index (χ3v) is 1.37. The SMILES string of the molecule is CCC(C)(C)NN[N+](=O)[O-]. The van der Waals surface area contributed by atoms with Crippen molar-refractivity contribution >= 4 is 0 Å². The highest BCUT2D eigenvalue weighted by atomic mass is 16.7. The van der Waals surface area contributed by atoms with E-state index in [1.54, 1.807) is 0 Å². The van der Waals surface area contributed by atoms with Crippen LogP contribution in [0.25, 0.3) is 0 Å². The topological polar surface area (TPSA) is 67.2 Å². The molecule has 0 aromatic carbocycles. The molecule has 5 heteroatoms. The van der Waals surface area contributed by atoms with E-state index >= 15 is 0 Å². The Labute approximate surface area is 59.9 Å². The second-order valence-electron chi connectivity index (χ2n) is 2.73. The van der Waals surface area contributed by atoms with Crippen molar-refractivity contribution in [2.24, 2.45) is 0 Å². The molecule has 0 aromatic rings. The second-order valence-corrected chi connectivity index (χ2v) is 2.73. The fourth-order valence-electron chi connectivity index (χ4n) is 0.285. The molecule has 0 saturated heterocycles. The van der Waals surface area contributed by atoms with Crippen molar-refractivity contribution in [1.29, 1.82) is 0 Å². The second kappa shape index (κ2) is 3.36. The lowest BCUT2D eigenvalue weighted by molar-refractivity contribution is -0.557. The highest BCUT2D eigenvalue weighted by Gasteiger charge is 2.15. The largest absolute Gasteiger partial charge is 0.234 e. The molecule has 5 nitrogen and oxygen atoms in total. The van der Waals surface area contributed by atoms with Gasteiger partial charge in [-0.3, -0.25) is 0 Å². The quantitative estimate of drug-likeness (QED) is 0.448. The predicted molar refractivity (Wildman–Crippen MR) is 37.6 cm³/mol. The van der Waals surface area contributed by atoms with Crippen LogP contribution in [-0.4, -0.2) is 10.6 Å². The van der Waals surface area contributed by atoms with Crippen molar-refractivity contribution in [2.75, 3.05) is 0 Å². The molecular weight excluding hydrogens is 134 g/mol. The molecule has 0 fully saturated rings. The Bertz CT molecular complexity index is 124. The molecule has 2 N–H and O–H groups in total. The molecule has 10 heavy (non-hydrogen) atoms. The fraction of sp³-hybridized carbons (Fsp3) is 1.00. The van der Waals surface area contributed by atoms with Gasteiger partial charge < -0.3 is 0 Å². The summed E-state index contributed by atoms with van der Waals surface area (Å²) in [6.07, 6.45) is 0.827. The molecule has 0 aliphatic carbocycles. The van der Waals surface area contributed by atoms with Crippen molar-refractivity contribution in [2.45, 2.75) is 32.7 Å². The van der Waals surface area contributed by atoms with Crippen LogP contribution >= 0.6 is 0 Å². The van der Waals surface area contributed by atoms with Gasteiger partial charge >= 0.3 is 0 Å². The minimum absolute atomic E-state index is 0.229. The third-order valence-electron chi connectivity index (χ3n) is 1.37. The first-order valence-corrected chi connectivity index (χ1v) is 3.15. The van der Waals surface area contributed by atoms with Crippen LogP contribution in [0.15, 0.2) is 0 Å². The normalized spacial score (nSPS) is 11.1. The van der Waals surface area contributed by atoms with E-state index in [1.807, 2.05) is 26.3 Å². The van der Waals surface area contributed by atoms with Gasteiger partial charge in [0, 0.05) is 5.54 Å². The molecule has 0 radical (unpaired) electrons. The maximum absolute atomic E-state index is 9.79. The Morgan fingerprint density at radius 3 is 2.40 bits per heavy atom. The van der Waals surface area contributed by atoms with E-state index in [2.05, 4.69) is 5.43 Å². The number of hydrogen-bond acceptors (Lipinski definition) is 3. The van der Waals surface area contributed by atoms with E-state index in [-0.39, 0.29) is 5.54 Å². The summed E-state index contributed by atoms with van der Waals surface area (Å²) in [5, 5.41) is 9.18. The Morgan fingerprint density at radius 1 is 1.60 bits per heavy atom. The summed E-state index contributed by atoms with van der Waals surface area (Å²) in [7, 11) is 0. The fourth-order valence-corrected chi connectivity index (χ4v) is 0.285. The van der Waals surface area contributed by atoms with Crippen LogP contribution in [0.4, 0.5) is 0 Å². The van der Waals surface area contributed by atoms with Crippen molar-refractivity contribution in [3.05, 3.63) is 10.1 Å². The first-order valence-electron chi connectivity index (χ1n) is 3.15. The summed E-state index contributed by atoms with van der Waals surface area (Å²) < 4.78 is 0. The smallest absolute Gasteiger partial charge is 0.173 e. The number of nitro groups is 1. The molecular formula is C5H13N3O2. The predicted octanol–water partition coefficient (Wildman–Crippen LogP) is 0.461. The summed E-state index contributed by atoms with van der Waals surface area (Å²) in [6.45, 7) is 5.71. The average molecular weight is 147 g/mol. The standard InChI is InChI=1S/C5H13N3O2/c1-4-5(2,3)6-7-8(9)10/h6-7H,4H2,1-3H3. The first kappa shape index (κ1) is 9.16. The lowest BCUT2D eigenvalue weighted by atomic mass is 10.0. The van der Waals surface area contributed by atoms with Crippen molar-refractivity contribution in [3.63, 3.8) is 0 Å². The first-order chi connectivity index (χ1) is 4.48. The molecule has 0 aliphatic heterocycles. The zero-order chi connectivity index (χ0) is 8.20. The average Bonchev–Trinajstić information content (AvgIpc) is 1.85. The minimum atomic E-state index is -0.614. The number of hydrazine groups is 2. The number of rotatable bonds is 4. The van der Waals surface area contributed by atoms with Crippen LogP contribution in [0.1, 0.15) is 27.2 Å². The van der Waals surface area contributed by atoms with Crippen LogP contribution in [0.5, 0.6) is 0 Å². The molecule has 0 rings (SSSR count). The molecule has 0 bridgehead atoms. The molecule has 60 valence electrons. The van der Waals surface area contributed by atoms with E-state index in [0.29, 0.717) is 0 Å². The summed E-state index contributed by atoms with van der Waals surface area (Å²) >= 11 is 0. The van der Waals surface area contributed by atoms with Crippen LogP contribution in [0, 0.1) is 10.1 Å². The van der Waals surface area contributed by atoms with Crippen molar-refractivity contribution in [3.8, 4) is 0 Å². The number of nitrogens with zero attached hydrogens (tertiary/aromatic N) is 1. The van der Waals surface area contributed by atoms with Gasteiger partial charge in [0.1, 0.15) is 0 Å². The molecule has 0 unspecified atom stereocenters. The van der Waals surface area contributed by atoms with Crippen LogP contribution in [0.2, 0.25) is 0 Å². The Kier molecular flexibility index (Phi) is 3.08. The van der Waals surface area contributed by atoms with Crippen molar-refractivity contribution in [1.82, 2.24) is 11.0 Å². The number of hydrogen-bond donors (Lipinski definition) is 2. The zero-order valence-corrected chi connectivity index (χ0v) is 6.47. The summed E-state index contributed by atoms with van der Waals surface area (Å²) in [4.78, 5) is 9.79. The van der Waals surface area contributed by atoms with E-state index in [4.69, 9.17) is 0 Å². The van der Waals surface area contributed by atoms with E-state index in [9.17, 15) is 10.1 Å². The van der Waals surface area contributed by atoms with Gasteiger partial charge in [-0.15, -0.1) is 0 Å². The van der Waals surface area contributed by atoms with Gasteiger partial charge in [0.15, 0.2) is 5.03 Å². The van der Waals surface area contributed by atoms with Gasteiger partial charge in [-0.2, -0.15) is 5.43 Å². The summed E-state index contributed by atoms with van der Waals surface area (Å²) in [5.41, 5.74) is 4.24. The minimum Gasteiger partial charge on any atom is -0.234 e. The van der Waals surface area contributed by atoms with Crippen LogP contribution in [-0.2, 0) is 0 Å². The summed E-state index contributed by atoms with van der Waals surface area (Å²) in [5.74, 6) is 0. The van der Waals surface area contributed by atoms with Gasteiger partial charge in [0.2, 0.25) is 0 Å². The Morgan fingerprint density at radius 2 is 2.10 bits per heavy atom. The van der Waals surface area contributed by atoms with Gasteiger partial charge in [-0.25, -0.2) is 10.1 Å². The highest BCUT2D eigenvalue weighted by Crippen LogP contribution is 2.04. The third kappa shape index (κ3) is 4.08. The molecule has 0 atom stereocenters. The maximum Gasteiger partial charge on any atom is 0.173 e. The highest BCUT2D eigenvalue weighted by molar-refractivity contribution is 4.70. The lowest BCUT2D eigenvalue weighted by Crippen LogP contribution is -2.50. The van der Waals surface area contributed by atoms with Gasteiger partial charge in [0.25, 0.3) is 0 Å². The van der Waals surface area contributed by atoms with Crippen molar-refractivity contribution < 1.29 is 5.03 Å². The lowest BCUT2D eigenvalue weighted by Gasteiger charge is -2.20.